The van der Waals surface area contributed by atoms with E-state index in [4.69, 9.17) is 4.74 Å². The third kappa shape index (κ3) is 4.16. The van der Waals surface area contributed by atoms with Crippen LogP contribution in [0.2, 0.25) is 0 Å². The maximum atomic E-state index is 12.2. The second kappa shape index (κ2) is 8.11. The molecule has 0 unspecified atom stereocenters. The normalized spacial score (nSPS) is 10.8. The van der Waals surface area contributed by atoms with Gasteiger partial charge in [-0.2, -0.15) is 10.2 Å². The Morgan fingerprint density at radius 2 is 1.92 bits per heavy atom. The minimum Gasteiger partial charge on any atom is -0.497 e. The molecule has 0 fully saturated rings. The minimum absolute atomic E-state index is 0.348. The molecule has 1 aromatic heterocycles. The molecule has 6 heteroatoms. The molecule has 6 nitrogen and oxygen atoms in total. The number of H-pyrrole nitrogens is 1. The van der Waals surface area contributed by atoms with E-state index in [-0.39, 0.29) is 5.91 Å². The maximum absolute atomic E-state index is 12.2. The standard InChI is InChI=1S/C20H20N4O2/c1-3-14-4-8-16(9-5-14)18-12-19(23-22-18)20(25)24-21-13-15-6-10-17(26-2)11-7-15/h4-13H,3H2,1-2H3,(H,22,23)(H,24,25)/b21-13+. The first-order chi connectivity index (χ1) is 12.7. The lowest BCUT2D eigenvalue weighted by Crippen LogP contribution is -2.17. The van der Waals surface area contributed by atoms with Crippen LogP contribution in [0.5, 0.6) is 5.75 Å². The van der Waals surface area contributed by atoms with Gasteiger partial charge in [0.15, 0.2) is 0 Å². The first-order valence-corrected chi connectivity index (χ1v) is 8.31. The van der Waals surface area contributed by atoms with E-state index in [1.54, 1.807) is 19.4 Å². The molecule has 26 heavy (non-hydrogen) atoms. The second-order valence-corrected chi connectivity index (χ2v) is 5.69. The van der Waals surface area contributed by atoms with Gasteiger partial charge in [0.05, 0.1) is 19.0 Å². The topological polar surface area (TPSA) is 79.4 Å². The summed E-state index contributed by atoms with van der Waals surface area (Å²) in [6.45, 7) is 2.11. The highest BCUT2D eigenvalue weighted by Crippen LogP contribution is 2.18. The molecule has 0 atom stereocenters. The summed E-state index contributed by atoms with van der Waals surface area (Å²) >= 11 is 0. The van der Waals surface area contributed by atoms with E-state index in [0.717, 1.165) is 29.0 Å². The Hall–Kier alpha value is -3.41. The van der Waals surface area contributed by atoms with E-state index in [0.29, 0.717) is 5.69 Å². The van der Waals surface area contributed by atoms with Gasteiger partial charge >= 0.3 is 0 Å². The molecule has 0 radical (unpaired) electrons. The average molecular weight is 348 g/mol. The summed E-state index contributed by atoms with van der Waals surface area (Å²) < 4.78 is 5.10. The van der Waals surface area contributed by atoms with E-state index in [2.05, 4.69) is 39.8 Å². The van der Waals surface area contributed by atoms with Gasteiger partial charge in [-0.1, -0.05) is 31.2 Å². The Morgan fingerprint density at radius 1 is 1.19 bits per heavy atom. The number of hydrazone groups is 1. The molecule has 2 aromatic carbocycles. The highest BCUT2D eigenvalue weighted by Gasteiger charge is 2.10. The molecule has 1 heterocycles. The van der Waals surface area contributed by atoms with Crippen LogP contribution >= 0.6 is 0 Å². The number of nitrogens with one attached hydrogen (secondary N) is 2. The maximum Gasteiger partial charge on any atom is 0.289 e. The fourth-order valence-electron chi connectivity index (χ4n) is 2.41. The number of carbonyl (C=O) groups excluding carboxylic acids is 1. The van der Waals surface area contributed by atoms with Crippen molar-refractivity contribution in [2.45, 2.75) is 13.3 Å². The van der Waals surface area contributed by atoms with Crippen molar-refractivity contribution in [2.24, 2.45) is 5.10 Å². The van der Waals surface area contributed by atoms with E-state index >= 15 is 0 Å². The highest BCUT2D eigenvalue weighted by molar-refractivity contribution is 5.94. The molecule has 0 aliphatic heterocycles. The SMILES string of the molecule is CCc1ccc(-c2cc(C(=O)N/N=C/c3ccc(OC)cc3)[nH]n2)cc1. The summed E-state index contributed by atoms with van der Waals surface area (Å²) in [6, 6.07) is 17.2. The van der Waals surface area contributed by atoms with Crippen molar-refractivity contribution >= 4 is 12.1 Å². The van der Waals surface area contributed by atoms with Crippen LogP contribution in [0.3, 0.4) is 0 Å². The number of aryl methyl sites for hydroxylation is 1. The van der Waals surface area contributed by atoms with Crippen molar-refractivity contribution in [1.29, 1.82) is 0 Å². The minimum atomic E-state index is -0.348. The number of aromatic nitrogens is 2. The van der Waals surface area contributed by atoms with Gasteiger partial charge in [0.2, 0.25) is 0 Å². The second-order valence-electron chi connectivity index (χ2n) is 5.69. The van der Waals surface area contributed by atoms with Crippen LogP contribution in [0.25, 0.3) is 11.3 Å². The molecule has 3 aromatic rings. The average Bonchev–Trinajstić information content (AvgIpc) is 3.19. The number of aromatic amines is 1. The number of ether oxygens (including phenoxy) is 1. The van der Waals surface area contributed by atoms with Gasteiger partial charge < -0.3 is 4.74 Å². The molecular weight excluding hydrogens is 328 g/mol. The molecule has 0 saturated heterocycles. The molecule has 0 bridgehead atoms. The number of methoxy groups -OCH3 is 1. The summed E-state index contributed by atoms with van der Waals surface area (Å²) in [7, 11) is 1.61. The molecule has 2 N–H and O–H groups in total. The Kier molecular flexibility index (Phi) is 5.43. The fourth-order valence-corrected chi connectivity index (χ4v) is 2.41. The van der Waals surface area contributed by atoms with Crippen molar-refractivity contribution in [2.75, 3.05) is 7.11 Å². The van der Waals surface area contributed by atoms with Crippen LogP contribution in [0.15, 0.2) is 59.7 Å². The highest BCUT2D eigenvalue weighted by atomic mass is 16.5. The van der Waals surface area contributed by atoms with Crippen molar-refractivity contribution in [3.05, 3.63) is 71.4 Å². The number of hydrogen-bond donors (Lipinski definition) is 2. The summed E-state index contributed by atoms with van der Waals surface area (Å²) in [6.07, 6.45) is 2.55. The molecule has 132 valence electrons. The van der Waals surface area contributed by atoms with Crippen LogP contribution < -0.4 is 10.2 Å². The largest absolute Gasteiger partial charge is 0.497 e. The van der Waals surface area contributed by atoms with Crippen molar-refractivity contribution in [3.8, 4) is 17.0 Å². The fraction of sp³-hybridized carbons (Fsp3) is 0.150. The van der Waals surface area contributed by atoms with Gasteiger partial charge in [0.25, 0.3) is 5.91 Å². The van der Waals surface area contributed by atoms with Gasteiger partial charge in [-0.25, -0.2) is 5.43 Å². The third-order valence-corrected chi connectivity index (χ3v) is 3.98. The predicted octanol–water partition coefficient (Wildman–Crippen LogP) is 3.41. The summed E-state index contributed by atoms with van der Waals surface area (Å²) in [5.41, 5.74) is 6.63. The molecule has 0 saturated carbocycles. The summed E-state index contributed by atoms with van der Waals surface area (Å²) in [5.74, 6) is 0.418. The lowest BCUT2D eigenvalue weighted by atomic mass is 10.1. The van der Waals surface area contributed by atoms with E-state index in [1.165, 1.54) is 5.56 Å². The van der Waals surface area contributed by atoms with Crippen molar-refractivity contribution < 1.29 is 9.53 Å². The third-order valence-electron chi connectivity index (χ3n) is 3.98. The van der Waals surface area contributed by atoms with Crippen LogP contribution in [-0.4, -0.2) is 29.4 Å². The zero-order chi connectivity index (χ0) is 18.4. The summed E-state index contributed by atoms with van der Waals surface area (Å²) in [4.78, 5) is 12.2. The number of carbonyl (C=O) groups is 1. The number of benzene rings is 2. The quantitative estimate of drug-likeness (QED) is 0.529. The Labute approximate surface area is 151 Å². The molecule has 0 spiro atoms. The first-order valence-electron chi connectivity index (χ1n) is 8.31. The van der Waals surface area contributed by atoms with E-state index < -0.39 is 0 Å². The zero-order valence-corrected chi connectivity index (χ0v) is 14.7. The molecule has 0 aliphatic carbocycles. The Balaban J connectivity index is 1.62. The number of hydrogen-bond acceptors (Lipinski definition) is 4. The van der Waals surface area contributed by atoms with Crippen molar-refractivity contribution in [3.63, 3.8) is 0 Å². The van der Waals surface area contributed by atoms with E-state index in [9.17, 15) is 4.79 Å². The van der Waals surface area contributed by atoms with E-state index in [1.807, 2.05) is 36.4 Å². The van der Waals surface area contributed by atoms with Crippen molar-refractivity contribution in [1.82, 2.24) is 15.6 Å². The Bertz CT molecular complexity index is 896. The molecular formula is C20H20N4O2. The molecule has 3 rings (SSSR count). The smallest absolute Gasteiger partial charge is 0.289 e. The number of nitrogens with zero attached hydrogens (tertiary/aromatic N) is 2. The predicted molar refractivity (Wildman–Crippen MR) is 101 cm³/mol. The molecule has 1 amide bonds. The number of amides is 1. The summed E-state index contributed by atoms with van der Waals surface area (Å²) in [5, 5.41) is 10.9. The monoisotopic (exact) mass is 348 g/mol. The van der Waals surface area contributed by atoms with Crippen LogP contribution in [0.4, 0.5) is 0 Å². The first kappa shape index (κ1) is 17.4. The van der Waals surface area contributed by atoms with Gasteiger partial charge in [0.1, 0.15) is 11.4 Å². The lowest BCUT2D eigenvalue weighted by molar-refractivity contribution is 0.0950. The van der Waals surface area contributed by atoms with Gasteiger partial charge in [-0.15, -0.1) is 0 Å². The molecule has 0 aliphatic rings. The Morgan fingerprint density at radius 3 is 2.58 bits per heavy atom. The van der Waals surface area contributed by atoms with Gasteiger partial charge in [0, 0.05) is 5.56 Å². The zero-order valence-electron chi connectivity index (χ0n) is 14.7. The van der Waals surface area contributed by atoms with Crippen LogP contribution in [0, 0.1) is 0 Å². The number of rotatable bonds is 6. The van der Waals surface area contributed by atoms with Gasteiger partial charge in [-0.05, 0) is 47.9 Å². The van der Waals surface area contributed by atoms with Gasteiger partial charge in [-0.3, -0.25) is 9.89 Å². The lowest BCUT2D eigenvalue weighted by Gasteiger charge is -1.99. The van der Waals surface area contributed by atoms with Crippen LogP contribution in [-0.2, 0) is 6.42 Å². The van der Waals surface area contributed by atoms with Crippen LogP contribution in [0.1, 0.15) is 28.5 Å².